The van der Waals surface area contributed by atoms with Gasteiger partial charge in [0.05, 0.1) is 17.6 Å². The lowest BCUT2D eigenvalue weighted by Crippen LogP contribution is -2.91. The van der Waals surface area contributed by atoms with Gasteiger partial charge in [-0.2, -0.15) is 0 Å². The van der Waals surface area contributed by atoms with Crippen molar-refractivity contribution in [3.8, 4) is 5.75 Å². The van der Waals surface area contributed by atoms with Gasteiger partial charge >= 0.3 is 0 Å². The molecule has 0 aliphatic rings. The van der Waals surface area contributed by atoms with Gasteiger partial charge in [-0.15, -0.1) is 0 Å². The number of quaternary nitrogens is 1. The first-order valence-corrected chi connectivity index (χ1v) is 10.8. The van der Waals surface area contributed by atoms with Crippen LogP contribution in [0, 0.1) is 6.92 Å². The van der Waals surface area contributed by atoms with Gasteiger partial charge in [0, 0.05) is 19.8 Å². The number of anilines is 1. The number of carbonyl (C=O) groups excluding carboxylic acids is 1. The number of nitrogens with zero attached hydrogens (tertiary/aromatic N) is 1. The van der Waals surface area contributed by atoms with Gasteiger partial charge in [-0.05, 0) is 50.6 Å². The van der Waals surface area contributed by atoms with Gasteiger partial charge in [-0.3, -0.25) is 4.79 Å². The normalized spacial score (nSPS) is 13.8. The number of para-hydroxylation sites is 1. The van der Waals surface area contributed by atoms with Crippen molar-refractivity contribution in [3.63, 3.8) is 0 Å². The largest absolute Gasteiger partial charge is 0.496 e. The molecule has 0 heterocycles. The Morgan fingerprint density at radius 3 is 2.41 bits per heavy atom. The molecule has 0 bridgehead atoms. The SMILES string of the molecule is COc1ccccc1[C@@H](C)[NH2+][C@H](C)C(=O)Nc1cc(S(=O)(=O)N(C)C)ccc1C. The van der Waals surface area contributed by atoms with Crippen LogP contribution >= 0.6 is 0 Å². The number of aryl methyl sites for hydroxylation is 1. The van der Waals surface area contributed by atoms with Gasteiger partial charge in [0.1, 0.15) is 11.8 Å². The molecular weight excluding hydrogens is 390 g/mol. The molecule has 0 unspecified atom stereocenters. The molecule has 0 aliphatic carbocycles. The van der Waals surface area contributed by atoms with Crippen molar-refractivity contribution < 1.29 is 23.3 Å². The van der Waals surface area contributed by atoms with E-state index in [0.29, 0.717) is 5.69 Å². The maximum Gasteiger partial charge on any atom is 0.282 e. The first-order valence-electron chi connectivity index (χ1n) is 9.40. The molecule has 0 radical (unpaired) electrons. The number of hydrogen-bond acceptors (Lipinski definition) is 4. The van der Waals surface area contributed by atoms with E-state index in [-0.39, 0.29) is 22.9 Å². The maximum atomic E-state index is 12.7. The molecular formula is C21H30N3O4S+. The Bertz CT molecular complexity index is 974. The number of nitrogens with two attached hydrogens (primary N) is 1. The molecule has 7 nitrogen and oxygen atoms in total. The number of ether oxygens (including phenoxy) is 1. The minimum atomic E-state index is -3.57. The van der Waals surface area contributed by atoms with E-state index in [4.69, 9.17) is 4.74 Å². The summed E-state index contributed by atoms with van der Waals surface area (Å²) in [6.07, 6.45) is 0. The van der Waals surface area contributed by atoms with Crippen molar-refractivity contribution in [2.24, 2.45) is 0 Å². The molecule has 29 heavy (non-hydrogen) atoms. The van der Waals surface area contributed by atoms with E-state index in [1.165, 1.54) is 20.2 Å². The first-order chi connectivity index (χ1) is 13.6. The quantitative estimate of drug-likeness (QED) is 0.682. The number of amides is 1. The number of carbonyl (C=O) groups is 1. The predicted molar refractivity (Wildman–Crippen MR) is 113 cm³/mol. The Hall–Kier alpha value is -2.42. The molecule has 3 N–H and O–H groups in total. The summed E-state index contributed by atoms with van der Waals surface area (Å²) in [6.45, 7) is 5.65. The van der Waals surface area contributed by atoms with Crippen molar-refractivity contribution in [1.82, 2.24) is 4.31 Å². The highest BCUT2D eigenvalue weighted by Crippen LogP contribution is 2.23. The van der Waals surface area contributed by atoms with Crippen LogP contribution in [-0.2, 0) is 14.8 Å². The average Bonchev–Trinajstić information content (AvgIpc) is 2.69. The second-order valence-corrected chi connectivity index (χ2v) is 9.42. The van der Waals surface area contributed by atoms with Crippen molar-refractivity contribution in [3.05, 3.63) is 53.6 Å². The van der Waals surface area contributed by atoms with E-state index in [9.17, 15) is 13.2 Å². The second kappa shape index (κ2) is 9.39. The summed E-state index contributed by atoms with van der Waals surface area (Å²) in [5.41, 5.74) is 2.29. The lowest BCUT2D eigenvalue weighted by molar-refractivity contribution is -0.709. The third kappa shape index (κ3) is 5.35. The Kier molecular flexibility index (Phi) is 7.40. The van der Waals surface area contributed by atoms with E-state index < -0.39 is 10.0 Å². The maximum absolute atomic E-state index is 12.7. The van der Waals surface area contributed by atoms with E-state index >= 15 is 0 Å². The van der Waals surface area contributed by atoms with Crippen LogP contribution in [0.4, 0.5) is 5.69 Å². The molecule has 158 valence electrons. The molecule has 0 saturated carbocycles. The van der Waals surface area contributed by atoms with Gasteiger partial charge in [-0.25, -0.2) is 12.7 Å². The van der Waals surface area contributed by atoms with Crippen molar-refractivity contribution in [2.75, 3.05) is 26.5 Å². The highest BCUT2D eigenvalue weighted by Gasteiger charge is 2.24. The number of benzene rings is 2. The minimum absolute atomic E-state index is 0.00782. The zero-order chi connectivity index (χ0) is 21.8. The third-order valence-corrected chi connectivity index (χ3v) is 6.68. The molecule has 0 aliphatic heterocycles. The number of methoxy groups -OCH3 is 1. The van der Waals surface area contributed by atoms with Crippen LogP contribution in [0.25, 0.3) is 0 Å². The van der Waals surface area contributed by atoms with Crippen molar-refractivity contribution in [1.29, 1.82) is 0 Å². The summed E-state index contributed by atoms with van der Waals surface area (Å²) in [5, 5.41) is 4.81. The molecule has 0 saturated heterocycles. The summed E-state index contributed by atoms with van der Waals surface area (Å²) >= 11 is 0. The van der Waals surface area contributed by atoms with Crippen LogP contribution in [0.15, 0.2) is 47.4 Å². The van der Waals surface area contributed by atoms with E-state index in [0.717, 1.165) is 21.2 Å². The van der Waals surface area contributed by atoms with Crippen LogP contribution in [0.3, 0.4) is 0 Å². The lowest BCUT2D eigenvalue weighted by Gasteiger charge is -2.19. The zero-order valence-electron chi connectivity index (χ0n) is 17.8. The predicted octanol–water partition coefficient (Wildman–Crippen LogP) is 1.91. The summed E-state index contributed by atoms with van der Waals surface area (Å²) in [7, 11) is 1.00. The fourth-order valence-electron chi connectivity index (χ4n) is 3.02. The van der Waals surface area contributed by atoms with Crippen LogP contribution < -0.4 is 15.4 Å². The van der Waals surface area contributed by atoms with Crippen molar-refractivity contribution >= 4 is 21.6 Å². The standard InChI is InChI=1S/C21H29N3O4S/c1-14-11-12-17(29(26,27)24(4)5)13-19(14)23-21(25)16(3)22-15(2)18-9-7-8-10-20(18)28-6/h7-13,15-16,22H,1-6H3,(H,23,25)/p+1/t15-,16-/m1/s1. The molecule has 2 aromatic rings. The molecule has 2 rings (SSSR count). The summed E-state index contributed by atoms with van der Waals surface area (Å²) in [6, 6.07) is 12.1. The summed E-state index contributed by atoms with van der Waals surface area (Å²) in [5.74, 6) is 0.579. The first kappa shape index (κ1) is 22.9. The van der Waals surface area contributed by atoms with Crippen LogP contribution in [0.5, 0.6) is 5.75 Å². The number of rotatable bonds is 8. The number of nitrogens with one attached hydrogen (secondary N) is 1. The molecule has 0 aromatic heterocycles. The Morgan fingerprint density at radius 2 is 1.79 bits per heavy atom. The molecule has 2 atom stereocenters. The Morgan fingerprint density at radius 1 is 1.14 bits per heavy atom. The second-order valence-electron chi connectivity index (χ2n) is 7.27. The van der Waals surface area contributed by atoms with Gasteiger partial charge < -0.3 is 15.4 Å². The minimum Gasteiger partial charge on any atom is -0.496 e. The average molecular weight is 421 g/mol. The highest BCUT2D eigenvalue weighted by atomic mass is 32.2. The highest BCUT2D eigenvalue weighted by molar-refractivity contribution is 7.89. The van der Waals surface area contributed by atoms with Crippen molar-refractivity contribution in [2.45, 2.75) is 37.8 Å². The van der Waals surface area contributed by atoms with Gasteiger partial charge in [-0.1, -0.05) is 18.2 Å². The monoisotopic (exact) mass is 420 g/mol. The van der Waals surface area contributed by atoms with Gasteiger partial charge in [0.2, 0.25) is 10.0 Å². The molecule has 2 aromatic carbocycles. The smallest absolute Gasteiger partial charge is 0.282 e. The van der Waals surface area contributed by atoms with E-state index in [1.807, 2.05) is 50.4 Å². The summed E-state index contributed by atoms with van der Waals surface area (Å²) < 4.78 is 31.3. The number of hydrogen-bond donors (Lipinski definition) is 2. The van der Waals surface area contributed by atoms with E-state index in [2.05, 4.69) is 5.32 Å². The van der Waals surface area contributed by atoms with Crippen LogP contribution in [0.2, 0.25) is 0 Å². The Balaban J connectivity index is 2.15. The Labute approximate surface area is 173 Å². The van der Waals surface area contributed by atoms with E-state index in [1.54, 1.807) is 19.2 Å². The zero-order valence-corrected chi connectivity index (χ0v) is 18.6. The van der Waals surface area contributed by atoms with Crippen LogP contribution in [0.1, 0.15) is 31.0 Å². The molecule has 0 spiro atoms. The lowest BCUT2D eigenvalue weighted by atomic mass is 10.1. The summed E-state index contributed by atoms with van der Waals surface area (Å²) in [4.78, 5) is 12.9. The fourth-order valence-corrected chi connectivity index (χ4v) is 3.95. The molecule has 1 amide bonds. The van der Waals surface area contributed by atoms with Gasteiger partial charge in [0.15, 0.2) is 6.04 Å². The number of sulfonamides is 1. The molecule has 8 heteroatoms. The van der Waals surface area contributed by atoms with Crippen LogP contribution in [-0.4, -0.2) is 45.9 Å². The third-order valence-electron chi connectivity index (χ3n) is 4.87. The topological polar surface area (TPSA) is 92.3 Å². The molecule has 0 fully saturated rings. The van der Waals surface area contributed by atoms with Gasteiger partial charge in [0.25, 0.3) is 5.91 Å². The fraction of sp³-hybridized carbons (Fsp3) is 0.381.